The van der Waals surface area contributed by atoms with Gasteiger partial charge in [-0.1, -0.05) is 55.5 Å². The summed E-state index contributed by atoms with van der Waals surface area (Å²) in [5.74, 6) is -0.318. The first-order chi connectivity index (χ1) is 10.7. The van der Waals surface area contributed by atoms with Gasteiger partial charge in [0, 0.05) is 5.92 Å². The van der Waals surface area contributed by atoms with Crippen LogP contribution in [-0.4, -0.2) is 24.8 Å². The monoisotopic (exact) mass is 294 g/mol. The van der Waals surface area contributed by atoms with Gasteiger partial charge in [-0.25, -0.2) is 4.79 Å². The topological polar surface area (TPSA) is 41.9 Å². The molecule has 1 aliphatic rings. The van der Waals surface area contributed by atoms with Crippen molar-refractivity contribution in [1.82, 2.24) is 0 Å². The summed E-state index contributed by atoms with van der Waals surface area (Å²) < 4.78 is 4.99. The molecule has 3 rings (SSSR count). The molecule has 0 N–H and O–H groups in total. The second-order valence-electron chi connectivity index (χ2n) is 5.29. The van der Waals surface area contributed by atoms with Gasteiger partial charge in [0.15, 0.2) is 6.04 Å². The van der Waals surface area contributed by atoms with Gasteiger partial charge in [-0.2, -0.15) is 5.10 Å². The third kappa shape index (κ3) is 2.48. The van der Waals surface area contributed by atoms with E-state index in [-0.39, 0.29) is 11.9 Å². The van der Waals surface area contributed by atoms with Crippen LogP contribution < -0.4 is 5.01 Å². The van der Waals surface area contributed by atoms with Gasteiger partial charge < -0.3 is 4.74 Å². The highest BCUT2D eigenvalue weighted by Crippen LogP contribution is 2.31. The van der Waals surface area contributed by atoms with Crippen molar-refractivity contribution in [1.29, 1.82) is 0 Å². The first kappa shape index (κ1) is 14.3. The number of hydrazone groups is 1. The van der Waals surface area contributed by atoms with Crippen LogP contribution in [0.15, 0.2) is 65.8 Å². The van der Waals surface area contributed by atoms with Crippen molar-refractivity contribution in [3.05, 3.63) is 66.2 Å². The zero-order valence-corrected chi connectivity index (χ0v) is 12.6. The molecule has 112 valence electrons. The first-order valence-corrected chi connectivity index (χ1v) is 7.28. The van der Waals surface area contributed by atoms with E-state index in [0.717, 1.165) is 17.0 Å². The number of carbonyl (C=O) groups is 1. The highest BCUT2D eigenvalue weighted by Gasteiger charge is 2.41. The third-order valence-corrected chi connectivity index (χ3v) is 3.92. The number of esters is 1. The molecular weight excluding hydrogens is 276 g/mol. The second kappa shape index (κ2) is 6.02. The summed E-state index contributed by atoms with van der Waals surface area (Å²) in [5.41, 5.74) is 2.82. The number of nitrogens with zero attached hydrogens (tertiary/aromatic N) is 2. The molecule has 0 amide bonds. The number of benzene rings is 2. The summed E-state index contributed by atoms with van der Waals surface area (Å²) in [7, 11) is 1.42. The van der Waals surface area contributed by atoms with Crippen LogP contribution in [0.25, 0.3) is 0 Å². The lowest BCUT2D eigenvalue weighted by atomic mass is 9.93. The molecular formula is C18H18N2O2. The van der Waals surface area contributed by atoms with Crippen LogP contribution >= 0.6 is 0 Å². The predicted molar refractivity (Wildman–Crippen MR) is 86.9 cm³/mol. The van der Waals surface area contributed by atoms with Gasteiger partial charge >= 0.3 is 5.97 Å². The Morgan fingerprint density at radius 2 is 1.64 bits per heavy atom. The van der Waals surface area contributed by atoms with Crippen molar-refractivity contribution in [2.75, 3.05) is 12.1 Å². The number of ether oxygens (including phenoxy) is 1. The Hall–Kier alpha value is -2.62. The first-order valence-electron chi connectivity index (χ1n) is 7.28. The fourth-order valence-electron chi connectivity index (χ4n) is 2.78. The zero-order chi connectivity index (χ0) is 15.5. The Labute approximate surface area is 130 Å². The molecule has 22 heavy (non-hydrogen) atoms. The molecule has 4 nitrogen and oxygen atoms in total. The predicted octanol–water partition coefficient (Wildman–Crippen LogP) is 3.09. The van der Waals surface area contributed by atoms with Crippen LogP contribution in [0, 0.1) is 5.92 Å². The third-order valence-electron chi connectivity index (χ3n) is 3.92. The second-order valence-corrected chi connectivity index (χ2v) is 5.29. The standard InChI is InChI=1S/C18H18N2O2/c1-13-16(14-9-5-3-6-10-14)19-20(17(13)18(21)22-2)15-11-7-4-8-12-15/h3-13,17H,1-2H3/t13-,17-/m0/s1. The van der Waals surface area contributed by atoms with E-state index in [1.54, 1.807) is 5.01 Å². The summed E-state index contributed by atoms with van der Waals surface area (Å²) in [6, 6.07) is 19.2. The number of anilines is 1. The van der Waals surface area contributed by atoms with Crippen molar-refractivity contribution in [2.45, 2.75) is 13.0 Å². The molecule has 0 bridgehead atoms. The SMILES string of the molecule is COC(=O)[C@@H]1[C@@H](C)C(c2ccccc2)=NN1c1ccccc1. The summed E-state index contributed by atoms with van der Waals surface area (Å²) in [6.45, 7) is 2.01. The molecule has 0 fully saturated rings. The van der Waals surface area contributed by atoms with Gasteiger partial charge in [0.1, 0.15) is 0 Å². The average Bonchev–Trinajstić information content (AvgIpc) is 2.93. The Kier molecular flexibility index (Phi) is 3.92. The lowest BCUT2D eigenvalue weighted by molar-refractivity contribution is -0.142. The van der Waals surface area contributed by atoms with E-state index in [1.165, 1.54) is 7.11 Å². The Morgan fingerprint density at radius 1 is 1.05 bits per heavy atom. The van der Waals surface area contributed by atoms with Crippen LogP contribution in [0.4, 0.5) is 5.69 Å². The molecule has 0 spiro atoms. The number of hydrogen-bond donors (Lipinski definition) is 0. The molecule has 0 saturated heterocycles. The molecule has 0 aromatic heterocycles. The zero-order valence-electron chi connectivity index (χ0n) is 12.6. The lowest BCUT2D eigenvalue weighted by Gasteiger charge is -2.23. The fourth-order valence-corrected chi connectivity index (χ4v) is 2.78. The average molecular weight is 294 g/mol. The largest absolute Gasteiger partial charge is 0.467 e. The van der Waals surface area contributed by atoms with Gasteiger partial charge in [-0.3, -0.25) is 5.01 Å². The van der Waals surface area contributed by atoms with Crippen molar-refractivity contribution in [2.24, 2.45) is 11.0 Å². The maximum Gasteiger partial charge on any atom is 0.331 e. The van der Waals surface area contributed by atoms with Gasteiger partial charge in [-0.05, 0) is 17.7 Å². The summed E-state index contributed by atoms with van der Waals surface area (Å²) in [6.07, 6.45) is 0. The summed E-state index contributed by atoms with van der Waals surface area (Å²) in [5, 5.41) is 6.47. The number of methoxy groups -OCH3 is 1. The molecule has 2 aromatic carbocycles. The lowest BCUT2D eigenvalue weighted by Crippen LogP contribution is -2.40. The highest BCUT2D eigenvalue weighted by atomic mass is 16.5. The van der Waals surface area contributed by atoms with Gasteiger partial charge in [0.05, 0.1) is 18.5 Å². The van der Waals surface area contributed by atoms with Crippen LogP contribution in [0.3, 0.4) is 0 Å². The Morgan fingerprint density at radius 3 is 2.23 bits per heavy atom. The van der Waals surface area contributed by atoms with Gasteiger partial charge in [0.25, 0.3) is 0 Å². The van der Waals surface area contributed by atoms with E-state index in [9.17, 15) is 4.79 Å². The number of rotatable bonds is 3. The minimum Gasteiger partial charge on any atom is -0.467 e. The number of carbonyl (C=O) groups excluding carboxylic acids is 1. The maximum atomic E-state index is 12.2. The minimum atomic E-state index is -0.442. The fraction of sp³-hybridized carbons (Fsp3) is 0.222. The molecule has 1 aliphatic heterocycles. The van der Waals surface area contributed by atoms with E-state index >= 15 is 0 Å². The van der Waals surface area contributed by atoms with Crippen LogP contribution in [0.5, 0.6) is 0 Å². The normalized spacial score (nSPS) is 20.6. The number of hydrogen-bond acceptors (Lipinski definition) is 4. The van der Waals surface area contributed by atoms with Crippen LogP contribution in [0.2, 0.25) is 0 Å². The van der Waals surface area contributed by atoms with E-state index in [0.29, 0.717) is 0 Å². The molecule has 0 saturated carbocycles. The molecule has 1 heterocycles. The molecule has 0 radical (unpaired) electrons. The van der Waals surface area contributed by atoms with Gasteiger partial charge in [-0.15, -0.1) is 0 Å². The summed E-state index contributed by atoms with van der Waals surface area (Å²) in [4.78, 5) is 12.2. The smallest absolute Gasteiger partial charge is 0.331 e. The van der Waals surface area contributed by atoms with E-state index < -0.39 is 6.04 Å². The molecule has 2 aromatic rings. The quantitative estimate of drug-likeness (QED) is 0.817. The van der Waals surface area contributed by atoms with Crippen molar-refractivity contribution < 1.29 is 9.53 Å². The van der Waals surface area contributed by atoms with Crippen LogP contribution in [0.1, 0.15) is 12.5 Å². The van der Waals surface area contributed by atoms with E-state index in [2.05, 4.69) is 0 Å². The van der Waals surface area contributed by atoms with E-state index in [1.807, 2.05) is 67.6 Å². The maximum absolute atomic E-state index is 12.2. The highest BCUT2D eigenvalue weighted by molar-refractivity contribution is 6.08. The van der Waals surface area contributed by atoms with Crippen molar-refractivity contribution >= 4 is 17.4 Å². The Balaban J connectivity index is 2.04. The molecule has 4 heteroatoms. The Bertz CT molecular complexity index is 683. The molecule has 2 atom stereocenters. The minimum absolute atomic E-state index is 0.0462. The number of para-hydroxylation sites is 1. The van der Waals surface area contributed by atoms with Gasteiger partial charge in [0.2, 0.25) is 0 Å². The van der Waals surface area contributed by atoms with Crippen molar-refractivity contribution in [3.63, 3.8) is 0 Å². The van der Waals surface area contributed by atoms with Crippen LogP contribution in [-0.2, 0) is 9.53 Å². The van der Waals surface area contributed by atoms with E-state index in [4.69, 9.17) is 9.84 Å². The molecule has 0 unspecified atom stereocenters. The molecule has 0 aliphatic carbocycles. The van der Waals surface area contributed by atoms with Crippen molar-refractivity contribution in [3.8, 4) is 0 Å². The summed E-state index contributed by atoms with van der Waals surface area (Å²) >= 11 is 0.